The van der Waals surface area contributed by atoms with E-state index in [9.17, 15) is 15.0 Å². The molecule has 8 heteroatoms. The van der Waals surface area contributed by atoms with Crippen LogP contribution in [0.3, 0.4) is 0 Å². The number of aliphatic imine (C=N–C) groups is 1. The van der Waals surface area contributed by atoms with Crippen molar-refractivity contribution < 1.29 is 19.7 Å². The van der Waals surface area contributed by atoms with E-state index in [0.29, 0.717) is 11.7 Å². The summed E-state index contributed by atoms with van der Waals surface area (Å²) < 4.78 is 5.61. The molecule has 108 valence electrons. The largest absolute Gasteiger partial charge is 0.388 e. The fourth-order valence-corrected chi connectivity index (χ4v) is 3.27. The number of fused-ring (bicyclic) bond motifs is 1. The first-order valence-corrected chi connectivity index (χ1v) is 7.04. The summed E-state index contributed by atoms with van der Waals surface area (Å²) in [6.45, 7) is 2.52. The molecule has 0 aromatic carbocycles. The summed E-state index contributed by atoms with van der Waals surface area (Å²) in [6.07, 6.45) is -3.35. The van der Waals surface area contributed by atoms with Crippen molar-refractivity contribution in [3.8, 4) is 0 Å². The number of carbonyl (C=O) groups is 1. The maximum Gasteiger partial charge on any atom is 0.254 e. The van der Waals surface area contributed by atoms with E-state index in [1.165, 1.54) is 16.7 Å². The van der Waals surface area contributed by atoms with Crippen molar-refractivity contribution >= 4 is 22.8 Å². The van der Waals surface area contributed by atoms with Crippen molar-refractivity contribution in [2.24, 2.45) is 4.99 Å². The van der Waals surface area contributed by atoms with Crippen molar-refractivity contribution in [2.75, 3.05) is 20.6 Å². The highest BCUT2D eigenvalue weighted by Gasteiger charge is 2.51. The Morgan fingerprint density at radius 2 is 2.16 bits per heavy atom. The Bertz CT molecular complexity index is 390. The quantitative estimate of drug-likeness (QED) is 0.579. The number of amides is 1. The van der Waals surface area contributed by atoms with Crippen LogP contribution >= 0.6 is 11.8 Å². The Hall–Kier alpha value is -0.830. The van der Waals surface area contributed by atoms with E-state index in [1.807, 2.05) is 6.92 Å². The van der Waals surface area contributed by atoms with Crippen LogP contribution in [-0.2, 0) is 9.53 Å². The van der Waals surface area contributed by atoms with Gasteiger partial charge in [0.15, 0.2) is 11.3 Å². The predicted octanol–water partition coefficient (Wildman–Crippen LogP) is -1.40. The summed E-state index contributed by atoms with van der Waals surface area (Å²) in [6, 6.07) is -0.448. The maximum absolute atomic E-state index is 11.9. The van der Waals surface area contributed by atoms with Crippen molar-refractivity contribution in [1.29, 1.82) is 0 Å². The van der Waals surface area contributed by atoms with Crippen LogP contribution in [0.1, 0.15) is 6.92 Å². The number of ether oxygens (including phenoxy) is 1. The number of thioether (sulfide) groups is 1. The molecular weight excluding hydrogens is 270 g/mol. The number of carbonyl (C=O) groups excluding carboxylic acids is 1. The number of nitrogens with one attached hydrogen (secondary N) is 1. The Kier molecular flexibility index (Phi) is 4.34. The number of aliphatic hydroxyl groups excluding tert-OH is 2. The summed E-state index contributed by atoms with van der Waals surface area (Å²) in [5.41, 5.74) is -0.419. The smallest absolute Gasteiger partial charge is 0.254 e. The highest BCUT2D eigenvalue weighted by molar-refractivity contribution is 8.14. The zero-order chi connectivity index (χ0) is 14.2. The number of likely N-dealkylation sites (N-methyl/N-ethyl adjacent to an activating group) is 1. The van der Waals surface area contributed by atoms with Crippen LogP contribution in [0, 0.1) is 0 Å². The maximum atomic E-state index is 11.9. The normalized spacial score (nSPS) is 39.8. The van der Waals surface area contributed by atoms with Gasteiger partial charge in [-0.15, -0.1) is 0 Å². The molecule has 2 fully saturated rings. The van der Waals surface area contributed by atoms with E-state index in [-0.39, 0.29) is 5.91 Å². The second kappa shape index (κ2) is 5.66. The van der Waals surface area contributed by atoms with E-state index in [4.69, 9.17) is 4.74 Å². The summed E-state index contributed by atoms with van der Waals surface area (Å²) in [5, 5.41) is 23.8. The molecule has 2 rings (SSSR count). The molecule has 1 amide bonds. The molecule has 0 unspecified atom stereocenters. The second-order valence-electron chi connectivity index (χ2n) is 4.71. The Morgan fingerprint density at radius 1 is 1.47 bits per heavy atom. The SMILES string of the molecule is CCN=C1N[C@@H]2[C@@H](O)[C@H](O)[C@@H](C(=O)N(C)C)O[C@@H]2S1. The number of hydrogen-bond acceptors (Lipinski definition) is 6. The van der Waals surface area contributed by atoms with E-state index < -0.39 is 29.8 Å². The van der Waals surface area contributed by atoms with Gasteiger partial charge in [-0.2, -0.15) is 0 Å². The summed E-state index contributed by atoms with van der Waals surface area (Å²) in [7, 11) is 3.17. The molecule has 0 spiro atoms. The van der Waals surface area contributed by atoms with Crippen LogP contribution in [0.15, 0.2) is 4.99 Å². The van der Waals surface area contributed by atoms with Crippen molar-refractivity contribution in [3.05, 3.63) is 0 Å². The van der Waals surface area contributed by atoms with Gasteiger partial charge < -0.3 is 25.2 Å². The van der Waals surface area contributed by atoms with Crippen LogP contribution in [0.5, 0.6) is 0 Å². The van der Waals surface area contributed by atoms with Gasteiger partial charge in [0, 0.05) is 20.6 Å². The number of aliphatic hydroxyl groups is 2. The highest BCUT2D eigenvalue weighted by atomic mass is 32.2. The van der Waals surface area contributed by atoms with E-state index in [2.05, 4.69) is 10.3 Å². The molecule has 19 heavy (non-hydrogen) atoms. The molecule has 2 heterocycles. The lowest BCUT2D eigenvalue weighted by Crippen LogP contribution is -2.62. The summed E-state index contributed by atoms with van der Waals surface area (Å²) in [4.78, 5) is 17.5. The van der Waals surface area contributed by atoms with Crippen LogP contribution < -0.4 is 5.32 Å². The summed E-state index contributed by atoms with van der Waals surface area (Å²) >= 11 is 1.33. The molecule has 5 atom stereocenters. The summed E-state index contributed by atoms with van der Waals surface area (Å²) in [5.74, 6) is -0.355. The molecular formula is C11H19N3O4S. The molecule has 2 saturated heterocycles. The Balaban J connectivity index is 2.15. The minimum atomic E-state index is -1.25. The number of nitrogens with zero attached hydrogens (tertiary/aromatic N) is 2. The average Bonchev–Trinajstić information content (AvgIpc) is 2.76. The first-order valence-electron chi connectivity index (χ1n) is 6.16. The van der Waals surface area contributed by atoms with Gasteiger partial charge in [0.1, 0.15) is 17.6 Å². The van der Waals surface area contributed by atoms with Gasteiger partial charge in [0.2, 0.25) is 0 Å². The number of rotatable bonds is 2. The van der Waals surface area contributed by atoms with Crippen molar-refractivity contribution in [3.63, 3.8) is 0 Å². The van der Waals surface area contributed by atoms with Crippen LogP contribution in [0.4, 0.5) is 0 Å². The molecule has 7 nitrogen and oxygen atoms in total. The third-order valence-corrected chi connectivity index (χ3v) is 4.21. The fourth-order valence-electron chi connectivity index (χ4n) is 2.09. The van der Waals surface area contributed by atoms with Gasteiger partial charge in [-0.25, -0.2) is 0 Å². The molecule has 0 aromatic rings. The van der Waals surface area contributed by atoms with Gasteiger partial charge in [0.05, 0.1) is 6.04 Å². The van der Waals surface area contributed by atoms with Crippen LogP contribution in [-0.4, -0.2) is 76.6 Å². The van der Waals surface area contributed by atoms with Gasteiger partial charge in [-0.1, -0.05) is 11.8 Å². The molecule has 0 radical (unpaired) electrons. The molecule has 0 aromatic heterocycles. The molecule has 2 aliphatic rings. The lowest BCUT2D eigenvalue weighted by atomic mass is 9.97. The lowest BCUT2D eigenvalue weighted by molar-refractivity contribution is -0.179. The average molecular weight is 289 g/mol. The zero-order valence-corrected chi connectivity index (χ0v) is 11.9. The monoisotopic (exact) mass is 289 g/mol. The number of hydrogen-bond donors (Lipinski definition) is 3. The van der Waals surface area contributed by atoms with Crippen molar-refractivity contribution in [2.45, 2.75) is 36.7 Å². The first-order chi connectivity index (χ1) is 8.95. The van der Waals surface area contributed by atoms with E-state index in [0.717, 1.165) is 0 Å². The minimum Gasteiger partial charge on any atom is -0.388 e. The minimum absolute atomic E-state index is 0.355. The van der Waals surface area contributed by atoms with Gasteiger partial charge in [-0.3, -0.25) is 9.79 Å². The van der Waals surface area contributed by atoms with E-state index in [1.54, 1.807) is 14.1 Å². The van der Waals surface area contributed by atoms with Crippen molar-refractivity contribution in [1.82, 2.24) is 10.2 Å². The standard InChI is InChI=1S/C11H19N3O4S/c1-4-12-11-13-5-6(15)7(16)8(9(17)14(2)3)18-10(5)19-11/h5-8,10,15-16H,4H2,1-3H3,(H,12,13)/t5-,6-,7+,8+,10-/m1/s1. The topological polar surface area (TPSA) is 94.4 Å². The zero-order valence-electron chi connectivity index (χ0n) is 11.1. The third-order valence-electron chi connectivity index (χ3n) is 3.11. The van der Waals surface area contributed by atoms with Crippen LogP contribution in [0.2, 0.25) is 0 Å². The predicted molar refractivity (Wildman–Crippen MR) is 71.9 cm³/mol. The number of amidine groups is 1. The second-order valence-corrected chi connectivity index (χ2v) is 5.79. The molecule has 0 saturated carbocycles. The Labute approximate surface area is 116 Å². The molecule has 0 aliphatic carbocycles. The third kappa shape index (κ3) is 2.71. The fraction of sp³-hybridized carbons (Fsp3) is 0.818. The first kappa shape index (κ1) is 14.6. The molecule has 0 bridgehead atoms. The molecule has 2 aliphatic heterocycles. The van der Waals surface area contributed by atoms with Gasteiger partial charge >= 0.3 is 0 Å². The van der Waals surface area contributed by atoms with Crippen LogP contribution in [0.25, 0.3) is 0 Å². The van der Waals surface area contributed by atoms with Gasteiger partial charge in [0.25, 0.3) is 5.91 Å². The molecule has 3 N–H and O–H groups in total. The highest BCUT2D eigenvalue weighted by Crippen LogP contribution is 2.34. The van der Waals surface area contributed by atoms with E-state index >= 15 is 0 Å². The van der Waals surface area contributed by atoms with Gasteiger partial charge in [-0.05, 0) is 6.92 Å². The Morgan fingerprint density at radius 3 is 2.74 bits per heavy atom. The lowest BCUT2D eigenvalue weighted by Gasteiger charge is -2.38.